The van der Waals surface area contributed by atoms with Crippen LogP contribution in [0.5, 0.6) is 0 Å². The van der Waals surface area contributed by atoms with Gasteiger partial charge in [-0.25, -0.2) is 0 Å². The van der Waals surface area contributed by atoms with Gasteiger partial charge < -0.3 is 15.1 Å². The average Bonchev–Trinajstić information content (AvgIpc) is 3.23. The van der Waals surface area contributed by atoms with Crippen molar-refractivity contribution in [1.29, 1.82) is 0 Å². The SMILES string of the molecule is Cc1nnc(SCC(=O)Nc2ccc(N3CCN(C(=O)c4ccccc4)CC3)cc2)s1. The average molecular weight is 454 g/mol. The van der Waals surface area contributed by atoms with E-state index in [0.717, 1.165) is 39.4 Å². The standard InChI is InChI=1S/C22H23N5O2S2/c1-16-24-25-22(31-16)30-15-20(28)23-18-7-9-19(10-8-18)26-11-13-27(14-12-26)21(29)17-5-3-2-4-6-17/h2-10H,11-15H2,1H3,(H,23,28). The zero-order chi connectivity index (χ0) is 21.6. The van der Waals surface area contributed by atoms with Gasteiger partial charge in [0.05, 0.1) is 5.75 Å². The van der Waals surface area contributed by atoms with Gasteiger partial charge in [0.1, 0.15) is 5.01 Å². The number of rotatable bonds is 6. The summed E-state index contributed by atoms with van der Waals surface area (Å²) in [5.74, 6) is 0.312. The van der Waals surface area contributed by atoms with Gasteiger partial charge in [0, 0.05) is 43.1 Å². The third kappa shape index (κ3) is 5.62. The number of aromatic nitrogens is 2. The molecule has 4 rings (SSSR count). The molecule has 0 atom stereocenters. The predicted octanol–water partition coefficient (Wildman–Crippen LogP) is 3.54. The van der Waals surface area contributed by atoms with Gasteiger partial charge in [-0.2, -0.15) is 0 Å². The number of thioether (sulfide) groups is 1. The highest BCUT2D eigenvalue weighted by Gasteiger charge is 2.22. The minimum absolute atomic E-state index is 0.0707. The lowest BCUT2D eigenvalue weighted by Gasteiger charge is -2.36. The van der Waals surface area contributed by atoms with Crippen LogP contribution < -0.4 is 10.2 Å². The van der Waals surface area contributed by atoms with Crippen LogP contribution in [0.4, 0.5) is 11.4 Å². The number of hydrogen-bond acceptors (Lipinski definition) is 7. The van der Waals surface area contributed by atoms with Crippen LogP contribution in [0.15, 0.2) is 58.9 Å². The van der Waals surface area contributed by atoms with Crippen LogP contribution in [-0.4, -0.2) is 58.8 Å². The van der Waals surface area contributed by atoms with E-state index in [1.807, 2.05) is 66.4 Å². The summed E-state index contributed by atoms with van der Waals surface area (Å²) in [4.78, 5) is 28.9. The molecule has 2 heterocycles. The maximum Gasteiger partial charge on any atom is 0.253 e. The van der Waals surface area contributed by atoms with Crippen molar-refractivity contribution in [2.45, 2.75) is 11.3 Å². The van der Waals surface area contributed by atoms with Crippen LogP contribution in [0, 0.1) is 6.92 Å². The summed E-state index contributed by atoms with van der Waals surface area (Å²) in [6.07, 6.45) is 0. The molecule has 31 heavy (non-hydrogen) atoms. The molecule has 2 aromatic carbocycles. The van der Waals surface area contributed by atoms with Crippen LogP contribution in [-0.2, 0) is 4.79 Å². The molecular weight excluding hydrogens is 430 g/mol. The van der Waals surface area contributed by atoms with Crippen molar-refractivity contribution in [2.75, 3.05) is 42.1 Å². The van der Waals surface area contributed by atoms with E-state index in [1.54, 1.807) is 0 Å². The lowest BCUT2D eigenvalue weighted by molar-refractivity contribution is -0.113. The molecule has 9 heteroatoms. The second-order valence-corrected chi connectivity index (χ2v) is 9.52. The fourth-order valence-corrected chi connectivity index (χ4v) is 4.96. The molecule has 2 amide bonds. The number of aryl methyl sites for hydroxylation is 1. The Kier molecular flexibility index (Phi) is 6.83. The molecule has 0 radical (unpaired) electrons. The van der Waals surface area contributed by atoms with Gasteiger partial charge in [0.25, 0.3) is 5.91 Å². The number of hydrogen-bond donors (Lipinski definition) is 1. The van der Waals surface area contributed by atoms with Gasteiger partial charge in [0.2, 0.25) is 5.91 Å². The Balaban J connectivity index is 1.26. The topological polar surface area (TPSA) is 78.4 Å². The van der Waals surface area contributed by atoms with Gasteiger partial charge in [-0.15, -0.1) is 10.2 Å². The van der Waals surface area contributed by atoms with Crippen molar-refractivity contribution >= 4 is 46.3 Å². The van der Waals surface area contributed by atoms with Crippen LogP contribution in [0.3, 0.4) is 0 Å². The van der Waals surface area contributed by atoms with Gasteiger partial charge in [-0.1, -0.05) is 41.3 Å². The van der Waals surface area contributed by atoms with E-state index >= 15 is 0 Å². The number of anilines is 2. The number of nitrogens with zero attached hydrogens (tertiary/aromatic N) is 4. The van der Waals surface area contributed by atoms with Crippen molar-refractivity contribution < 1.29 is 9.59 Å². The monoisotopic (exact) mass is 453 g/mol. The highest BCUT2D eigenvalue weighted by molar-refractivity contribution is 8.01. The van der Waals surface area contributed by atoms with Gasteiger partial charge in [0.15, 0.2) is 4.34 Å². The molecule has 160 valence electrons. The zero-order valence-electron chi connectivity index (χ0n) is 17.2. The molecule has 1 aliphatic heterocycles. The summed E-state index contributed by atoms with van der Waals surface area (Å²) in [6.45, 7) is 4.83. The van der Waals surface area contributed by atoms with Crippen LogP contribution in [0.1, 0.15) is 15.4 Å². The highest BCUT2D eigenvalue weighted by Crippen LogP contribution is 2.23. The van der Waals surface area contributed by atoms with Gasteiger partial charge in [-0.3, -0.25) is 9.59 Å². The number of carbonyl (C=O) groups is 2. The van der Waals surface area contributed by atoms with E-state index < -0.39 is 0 Å². The fourth-order valence-electron chi connectivity index (χ4n) is 3.35. The summed E-state index contributed by atoms with van der Waals surface area (Å²) < 4.78 is 0.799. The lowest BCUT2D eigenvalue weighted by Crippen LogP contribution is -2.48. The Bertz CT molecular complexity index is 1030. The molecule has 0 bridgehead atoms. The van der Waals surface area contributed by atoms with Crippen LogP contribution >= 0.6 is 23.1 Å². The Morgan fingerprint density at radius 3 is 2.35 bits per heavy atom. The smallest absolute Gasteiger partial charge is 0.253 e. The maximum absolute atomic E-state index is 12.6. The maximum atomic E-state index is 12.6. The molecule has 0 aliphatic carbocycles. The van der Waals surface area contributed by atoms with Crippen LogP contribution in [0.25, 0.3) is 0 Å². The van der Waals surface area contributed by atoms with E-state index in [4.69, 9.17) is 0 Å². The molecule has 7 nitrogen and oxygen atoms in total. The van der Waals surface area contributed by atoms with Gasteiger partial charge >= 0.3 is 0 Å². The van der Waals surface area contributed by atoms with E-state index in [0.29, 0.717) is 18.8 Å². The summed E-state index contributed by atoms with van der Waals surface area (Å²) in [5.41, 5.74) is 2.58. The molecule has 0 saturated carbocycles. The van der Waals surface area contributed by atoms with Crippen molar-refractivity contribution in [3.8, 4) is 0 Å². The minimum Gasteiger partial charge on any atom is -0.368 e. The quantitative estimate of drug-likeness (QED) is 0.575. The Hall–Kier alpha value is -2.91. The van der Waals surface area contributed by atoms with Crippen molar-refractivity contribution in [1.82, 2.24) is 15.1 Å². The third-order valence-electron chi connectivity index (χ3n) is 4.94. The molecule has 3 aromatic rings. The second kappa shape index (κ2) is 9.93. The molecule has 1 aromatic heterocycles. The molecular formula is C22H23N5O2S2. The molecule has 1 aliphatic rings. The first-order chi connectivity index (χ1) is 15.1. The molecule has 0 unspecified atom stereocenters. The molecule has 0 spiro atoms. The third-order valence-corrected chi connectivity index (χ3v) is 6.91. The second-order valence-electron chi connectivity index (χ2n) is 7.12. The van der Waals surface area contributed by atoms with Crippen molar-refractivity contribution in [2.24, 2.45) is 0 Å². The lowest BCUT2D eigenvalue weighted by atomic mass is 10.1. The first-order valence-electron chi connectivity index (χ1n) is 10.0. The van der Waals surface area contributed by atoms with Gasteiger partial charge in [-0.05, 0) is 43.3 Å². The van der Waals surface area contributed by atoms with E-state index in [1.165, 1.54) is 23.1 Å². The number of piperazine rings is 1. The first-order valence-corrected chi connectivity index (χ1v) is 11.8. The molecule has 1 fully saturated rings. The molecule has 1 saturated heterocycles. The van der Waals surface area contributed by atoms with E-state index in [-0.39, 0.29) is 11.8 Å². The molecule has 1 N–H and O–H groups in total. The summed E-state index contributed by atoms with van der Waals surface area (Å²) in [5, 5.41) is 11.8. The summed E-state index contributed by atoms with van der Waals surface area (Å²) in [6, 6.07) is 17.2. The first kappa shape index (κ1) is 21.3. The highest BCUT2D eigenvalue weighted by atomic mass is 32.2. The normalized spacial score (nSPS) is 13.8. The Morgan fingerprint density at radius 2 is 1.71 bits per heavy atom. The summed E-state index contributed by atoms with van der Waals surface area (Å²) >= 11 is 2.87. The number of benzene rings is 2. The van der Waals surface area contributed by atoms with Crippen molar-refractivity contribution in [3.63, 3.8) is 0 Å². The number of amides is 2. The minimum atomic E-state index is -0.0707. The number of carbonyl (C=O) groups excluding carboxylic acids is 2. The number of nitrogens with one attached hydrogen (secondary N) is 1. The Morgan fingerprint density at radius 1 is 1.00 bits per heavy atom. The van der Waals surface area contributed by atoms with Crippen LogP contribution in [0.2, 0.25) is 0 Å². The fraction of sp³-hybridized carbons (Fsp3) is 0.273. The van der Waals surface area contributed by atoms with E-state index in [9.17, 15) is 9.59 Å². The summed E-state index contributed by atoms with van der Waals surface area (Å²) in [7, 11) is 0. The van der Waals surface area contributed by atoms with Crippen molar-refractivity contribution in [3.05, 3.63) is 65.2 Å². The Labute approximate surface area is 189 Å². The predicted molar refractivity (Wildman–Crippen MR) is 125 cm³/mol. The zero-order valence-corrected chi connectivity index (χ0v) is 18.8. The van der Waals surface area contributed by atoms with E-state index in [2.05, 4.69) is 20.4 Å². The largest absolute Gasteiger partial charge is 0.368 e.